The third-order valence-electron chi connectivity index (χ3n) is 9.03. The largest absolute Gasteiger partial charge is 0.481 e. The highest BCUT2D eigenvalue weighted by molar-refractivity contribution is 8.11. The molecule has 2 nitrogen and oxygen atoms in total. The van der Waals surface area contributed by atoms with Crippen LogP contribution < -0.4 is 0 Å². The van der Waals surface area contributed by atoms with Crippen LogP contribution in [0.4, 0.5) is 0 Å². The molecule has 0 amide bonds. The summed E-state index contributed by atoms with van der Waals surface area (Å²) in [6, 6.07) is 0. The van der Waals surface area contributed by atoms with Crippen molar-refractivity contribution < 1.29 is 9.90 Å². The van der Waals surface area contributed by atoms with Crippen LogP contribution in [0.5, 0.6) is 0 Å². The van der Waals surface area contributed by atoms with Gasteiger partial charge in [-0.05, 0) is 19.3 Å². The second kappa shape index (κ2) is 37.1. The maximum atomic E-state index is 10.5. The van der Waals surface area contributed by atoms with Crippen molar-refractivity contribution in [1.82, 2.24) is 0 Å². The molecule has 0 radical (unpaired) electrons. The van der Waals surface area contributed by atoms with Gasteiger partial charge < -0.3 is 5.11 Å². The average molecular weight is 627 g/mol. The average Bonchev–Trinajstić information content (AvgIpc) is 2.96. The summed E-state index contributed by atoms with van der Waals surface area (Å²) in [7, 11) is 0. The Bertz CT molecular complexity index is 503. The summed E-state index contributed by atoms with van der Waals surface area (Å²) >= 11 is 9.21. The molecule has 4 heteroatoms. The highest BCUT2D eigenvalue weighted by Gasteiger charge is 1.99. The van der Waals surface area contributed by atoms with Crippen molar-refractivity contribution in [3.63, 3.8) is 0 Å². The number of unbranched alkanes of at least 4 members (excludes halogenated alkanes) is 33. The predicted molar refractivity (Wildman–Crippen MR) is 195 cm³/mol. The number of thiol groups is 1. The van der Waals surface area contributed by atoms with Crippen LogP contribution in [0, 0.1) is 0 Å². The molecule has 0 saturated heterocycles. The van der Waals surface area contributed by atoms with Crippen molar-refractivity contribution in [1.29, 1.82) is 0 Å². The number of thiocarbonyl (C=S) groups is 1. The molecule has 0 atom stereocenters. The van der Waals surface area contributed by atoms with Crippen LogP contribution >= 0.6 is 24.8 Å². The van der Waals surface area contributed by atoms with E-state index in [1.165, 1.54) is 205 Å². The fourth-order valence-electron chi connectivity index (χ4n) is 6.21. The van der Waals surface area contributed by atoms with Crippen LogP contribution in [-0.4, -0.2) is 15.3 Å². The summed E-state index contributed by atoms with van der Waals surface area (Å²) in [4.78, 5) is 10.5. The first-order chi connectivity index (χ1) is 20.6. The maximum Gasteiger partial charge on any atom is 0.303 e. The first-order valence-electron chi connectivity index (χ1n) is 19.1. The van der Waals surface area contributed by atoms with Gasteiger partial charge in [0.05, 0.1) is 0 Å². The Morgan fingerprint density at radius 2 is 0.476 bits per heavy atom. The van der Waals surface area contributed by atoms with Crippen molar-refractivity contribution in [2.45, 2.75) is 231 Å². The van der Waals surface area contributed by atoms with Gasteiger partial charge in [-0.15, -0.1) is 12.6 Å². The minimum Gasteiger partial charge on any atom is -0.481 e. The van der Waals surface area contributed by atoms with Crippen LogP contribution in [0.25, 0.3) is 0 Å². The van der Waals surface area contributed by atoms with Gasteiger partial charge in [-0.25, -0.2) is 0 Å². The lowest BCUT2D eigenvalue weighted by molar-refractivity contribution is -0.137. The number of hydrogen-bond donors (Lipinski definition) is 2. The van der Waals surface area contributed by atoms with E-state index in [0.717, 1.165) is 23.5 Å². The fourth-order valence-corrected chi connectivity index (χ4v) is 6.51. The van der Waals surface area contributed by atoms with E-state index in [0.29, 0.717) is 6.42 Å². The monoisotopic (exact) mass is 627 g/mol. The van der Waals surface area contributed by atoms with Crippen LogP contribution in [0.2, 0.25) is 0 Å². The lowest BCUT2D eigenvalue weighted by atomic mass is 10.0. The number of carbonyl (C=O) groups is 1. The van der Waals surface area contributed by atoms with E-state index in [1.807, 2.05) is 0 Å². The van der Waals surface area contributed by atoms with Crippen LogP contribution in [0.15, 0.2) is 0 Å². The van der Waals surface area contributed by atoms with Crippen molar-refractivity contribution >= 4 is 35.0 Å². The molecule has 0 aliphatic heterocycles. The van der Waals surface area contributed by atoms with Gasteiger partial charge in [0.1, 0.15) is 0 Å². The van der Waals surface area contributed by atoms with Gasteiger partial charge in [0.2, 0.25) is 0 Å². The topological polar surface area (TPSA) is 37.3 Å². The Labute approximate surface area is 275 Å². The Hall–Kier alpha value is -0.0900. The zero-order chi connectivity index (χ0) is 30.6. The molecule has 0 aromatic heterocycles. The summed E-state index contributed by atoms with van der Waals surface area (Å²) in [5.41, 5.74) is 0. The predicted octanol–water partition coefficient (Wildman–Crippen LogP) is 14.4. The summed E-state index contributed by atoms with van der Waals surface area (Å²) in [6.07, 6.45) is 48.7. The standard InChI is InChI=1S/C38H74O2S2/c39-37(40)35-33-31-29-27-25-23-21-19-17-15-13-11-9-7-5-3-1-2-4-6-8-10-12-14-16-18-20-22-24-26-28-30-32-34-36-38(41)42/h1-36H2,(H,39,40)(H,41,42). The molecule has 250 valence electrons. The number of aliphatic carboxylic acids is 1. The van der Waals surface area contributed by atoms with E-state index in [1.54, 1.807) is 0 Å². The number of carboxylic acid groups (broad SMARTS) is 1. The number of hydrogen-bond acceptors (Lipinski definition) is 2. The lowest BCUT2D eigenvalue weighted by Gasteiger charge is -2.05. The van der Waals surface area contributed by atoms with Crippen molar-refractivity contribution in [2.75, 3.05) is 0 Å². The second-order valence-electron chi connectivity index (χ2n) is 13.3. The van der Waals surface area contributed by atoms with Gasteiger partial charge in [-0.3, -0.25) is 4.79 Å². The van der Waals surface area contributed by atoms with Crippen molar-refractivity contribution in [2.24, 2.45) is 0 Å². The van der Waals surface area contributed by atoms with E-state index in [-0.39, 0.29) is 0 Å². The van der Waals surface area contributed by atoms with E-state index < -0.39 is 5.97 Å². The lowest BCUT2D eigenvalue weighted by Crippen LogP contribution is -1.93. The first kappa shape index (κ1) is 41.9. The molecule has 0 aliphatic rings. The highest BCUT2D eigenvalue weighted by Crippen LogP contribution is 2.17. The molecular weight excluding hydrogens is 553 g/mol. The Morgan fingerprint density at radius 1 is 0.333 bits per heavy atom. The molecule has 0 aliphatic carbocycles. The molecule has 1 N–H and O–H groups in total. The third kappa shape index (κ3) is 39.9. The molecule has 42 heavy (non-hydrogen) atoms. The molecule has 0 aromatic rings. The molecule has 0 unspecified atom stereocenters. The second-order valence-corrected chi connectivity index (χ2v) is 14.6. The fraction of sp³-hybridized carbons (Fsp3) is 0.947. The molecule has 0 saturated carbocycles. The van der Waals surface area contributed by atoms with Gasteiger partial charge in [0.25, 0.3) is 0 Å². The van der Waals surface area contributed by atoms with Gasteiger partial charge in [0.15, 0.2) is 0 Å². The van der Waals surface area contributed by atoms with E-state index in [2.05, 4.69) is 12.6 Å². The molecule has 0 heterocycles. The third-order valence-corrected chi connectivity index (χ3v) is 9.46. The van der Waals surface area contributed by atoms with Gasteiger partial charge in [-0.1, -0.05) is 218 Å². The Kier molecular flexibility index (Phi) is 37.0. The Morgan fingerprint density at radius 3 is 0.619 bits per heavy atom. The van der Waals surface area contributed by atoms with E-state index >= 15 is 0 Å². The van der Waals surface area contributed by atoms with Crippen LogP contribution in [0.3, 0.4) is 0 Å². The summed E-state index contributed by atoms with van der Waals surface area (Å²) < 4.78 is 0.874. The molecule has 0 rings (SSSR count). The highest BCUT2D eigenvalue weighted by atomic mass is 32.1. The van der Waals surface area contributed by atoms with E-state index in [9.17, 15) is 4.79 Å². The van der Waals surface area contributed by atoms with E-state index in [4.69, 9.17) is 17.3 Å². The summed E-state index contributed by atoms with van der Waals surface area (Å²) in [5.74, 6) is -0.649. The SMILES string of the molecule is O=C(O)CCCCCCCCCCCCCCCCCCCCCCCCCCCCCCCCCCCCC(=S)S. The maximum absolute atomic E-state index is 10.5. The normalized spacial score (nSPS) is 11.4. The molecule has 0 spiro atoms. The smallest absolute Gasteiger partial charge is 0.303 e. The molecule has 0 aromatic carbocycles. The van der Waals surface area contributed by atoms with Crippen molar-refractivity contribution in [3.8, 4) is 0 Å². The van der Waals surface area contributed by atoms with Gasteiger partial charge >= 0.3 is 5.97 Å². The minimum atomic E-state index is -0.649. The van der Waals surface area contributed by atoms with Crippen LogP contribution in [0.1, 0.15) is 231 Å². The van der Waals surface area contributed by atoms with Crippen LogP contribution in [-0.2, 0) is 4.79 Å². The minimum absolute atomic E-state index is 0.344. The zero-order valence-corrected chi connectivity index (χ0v) is 29.9. The number of rotatable bonds is 37. The van der Waals surface area contributed by atoms with Gasteiger partial charge in [-0.2, -0.15) is 0 Å². The Balaban J connectivity index is 3.04. The quantitative estimate of drug-likeness (QED) is 0.0409. The van der Waals surface area contributed by atoms with Gasteiger partial charge in [0, 0.05) is 10.6 Å². The summed E-state index contributed by atoms with van der Waals surface area (Å²) in [5, 5.41) is 8.64. The molecule has 0 bridgehead atoms. The first-order valence-corrected chi connectivity index (χ1v) is 19.9. The van der Waals surface area contributed by atoms with Crippen molar-refractivity contribution in [3.05, 3.63) is 0 Å². The number of carboxylic acids is 1. The molecule has 0 fully saturated rings. The summed E-state index contributed by atoms with van der Waals surface area (Å²) in [6.45, 7) is 0. The molecular formula is C38H74O2S2. The zero-order valence-electron chi connectivity index (χ0n) is 28.2.